The van der Waals surface area contributed by atoms with E-state index in [4.69, 9.17) is 0 Å². The fraction of sp³-hybridized carbons (Fsp3) is 0.474. The van der Waals surface area contributed by atoms with Gasteiger partial charge in [0.25, 0.3) is 0 Å². The zero-order valence-electron chi connectivity index (χ0n) is 14.8. The van der Waals surface area contributed by atoms with Crippen molar-refractivity contribution in [3.05, 3.63) is 45.9 Å². The molecule has 1 amide bonds. The van der Waals surface area contributed by atoms with Crippen LogP contribution >= 0.6 is 11.3 Å². The molecule has 0 aliphatic heterocycles. The van der Waals surface area contributed by atoms with Gasteiger partial charge in [0.1, 0.15) is 10.8 Å². The number of rotatable bonds is 6. The molecular formula is C19H26N2O2S. The van der Waals surface area contributed by atoms with E-state index in [1.165, 1.54) is 0 Å². The molecule has 24 heavy (non-hydrogen) atoms. The molecule has 1 atom stereocenters. The fourth-order valence-corrected chi connectivity index (χ4v) is 3.34. The van der Waals surface area contributed by atoms with Crippen LogP contribution in [0.2, 0.25) is 0 Å². The minimum Gasteiger partial charge on any atom is -0.508 e. The van der Waals surface area contributed by atoms with Crippen LogP contribution in [0.3, 0.4) is 0 Å². The third-order valence-electron chi connectivity index (χ3n) is 3.87. The van der Waals surface area contributed by atoms with Gasteiger partial charge in [0.05, 0.1) is 6.04 Å². The molecule has 0 bridgehead atoms. The number of nitrogens with one attached hydrogen (secondary N) is 1. The SMILES string of the molecule is CCCC(=O)NC(Cc1ccc(O)c(C(C)(C)C)c1)c1nccs1. The zero-order valence-corrected chi connectivity index (χ0v) is 15.6. The maximum Gasteiger partial charge on any atom is 0.220 e. The normalized spacial score (nSPS) is 12.8. The van der Waals surface area contributed by atoms with Crippen LogP contribution < -0.4 is 5.32 Å². The Morgan fingerprint density at radius 3 is 2.71 bits per heavy atom. The van der Waals surface area contributed by atoms with E-state index in [-0.39, 0.29) is 17.4 Å². The zero-order chi connectivity index (χ0) is 17.7. The minimum absolute atomic E-state index is 0.0486. The quantitative estimate of drug-likeness (QED) is 0.817. The van der Waals surface area contributed by atoms with Crippen molar-refractivity contribution in [2.24, 2.45) is 0 Å². The van der Waals surface area contributed by atoms with Crippen LogP contribution in [-0.4, -0.2) is 16.0 Å². The van der Waals surface area contributed by atoms with Crippen LogP contribution in [0.5, 0.6) is 5.75 Å². The number of hydrogen-bond acceptors (Lipinski definition) is 4. The number of thiazole rings is 1. The topological polar surface area (TPSA) is 62.2 Å². The van der Waals surface area contributed by atoms with Crippen molar-refractivity contribution < 1.29 is 9.90 Å². The lowest BCUT2D eigenvalue weighted by atomic mass is 9.85. The van der Waals surface area contributed by atoms with Crippen LogP contribution in [0.25, 0.3) is 0 Å². The van der Waals surface area contributed by atoms with Gasteiger partial charge in [-0.1, -0.05) is 39.8 Å². The lowest BCUT2D eigenvalue weighted by Crippen LogP contribution is -2.29. The van der Waals surface area contributed by atoms with E-state index in [0.717, 1.165) is 22.6 Å². The number of carbonyl (C=O) groups is 1. The summed E-state index contributed by atoms with van der Waals surface area (Å²) in [5.41, 5.74) is 1.86. The summed E-state index contributed by atoms with van der Waals surface area (Å²) in [7, 11) is 0. The van der Waals surface area contributed by atoms with E-state index < -0.39 is 0 Å². The van der Waals surface area contributed by atoms with E-state index in [9.17, 15) is 9.90 Å². The lowest BCUT2D eigenvalue weighted by Gasteiger charge is -2.22. The van der Waals surface area contributed by atoms with Gasteiger partial charge in [0.15, 0.2) is 0 Å². The number of benzene rings is 1. The molecule has 2 aromatic rings. The van der Waals surface area contributed by atoms with Crippen molar-refractivity contribution in [3.8, 4) is 5.75 Å². The average molecular weight is 346 g/mol. The summed E-state index contributed by atoms with van der Waals surface area (Å²) in [6, 6.07) is 5.54. The first-order valence-corrected chi connectivity index (χ1v) is 9.20. The number of aromatic hydroxyl groups is 1. The van der Waals surface area contributed by atoms with Crippen molar-refractivity contribution in [1.82, 2.24) is 10.3 Å². The van der Waals surface area contributed by atoms with Gasteiger partial charge in [-0.25, -0.2) is 4.98 Å². The van der Waals surface area contributed by atoms with Crippen molar-refractivity contribution >= 4 is 17.2 Å². The molecule has 4 nitrogen and oxygen atoms in total. The van der Waals surface area contributed by atoms with E-state index in [1.807, 2.05) is 24.4 Å². The van der Waals surface area contributed by atoms with Gasteiger partial charge >= 0.3 is 0 Å². The first-order valence-electron chi connectivity index (χ1n) is 8.32. The molecule has 1 heterocycles. The van der Waals surface area contributed by atoms with Crippen LogP contribution in [0.15, 0.2) is 29.8 Å². The van der Waals surface area contributed by atoms with Gasteiger partial charge in [0.2, 0.25) is 5.91 Å². The summed E-state index contributed by atoms with van der Waals surface area (Å²) in [6.45, 7) is 8.22. The third kappa shape index (κ3) is 4.81. The maximum absolute atomic E-state index is 12.0. The molecule has 2 N–H and O–H groups in total. The van der Waals surface area contributed by atoms with E-state index in [1.54, 1.807) is 23.6 Å². The molecule has 5 heteroatoms. The number of amides is 1. The molecule has 1 unspecified atom stereocenters. The van der Waals surface area contributed by atoms with Gasteiger partial charge in [-0.15, -0.1) is 11.3 Å². The summed E-state index contributed by atoms with van der Waals surface area (Å²) in [5.74, 6) is 0.361. The predicted octanol–water partition coefficient (Wildman–Crippen LogP) is 4.35. The van der Waals surface area contributed by atoms with Gasteiger partial charge < -0.3 is 10.4 Å². The van der Waals surface area contributed by atoms with Gasteiger partial charge in [-0.05, 0) is 35.4 Å². The molecule has 0 aliphatic carbocycles. The highest BCUT2D eigenvalue weighted by atomic mass is 32.1. The first kappa shape index (κ1) is 18.5. The van der Waals surface area contributed by atoms with Crippen molar-refractivity contribution in [2.45, 2.75) is 58.4 Å². The molecule has 2 rings (SSSR count). The average Bonchev–Trinajstić information content (AvgIpc) is 3.02. The van der Waals surface area contributed by atoms with Crippen LogP contribution in [0.4, 0.5) is 0 Å². The van der Waals surface area contributed by atoms with Crippen molar-refractivity contribution in [1.29, 1.82) is 0 Å². The number of phenolic OH excluding ortho intramolecular Hbond substituents is 1. The molecule has 0 radical (unpaired) electrons. The Morgan fingerprint density at radius 2 is 2.12 bits per heavy atom. The number of nitrogens with zero attached hydrogens (tertiary/aromatic N) is 1. The van der Waals surface area contributed by atoms with Crippen molar-refractivity contribution in [2.75, 3.05) is 0 Å². The third-order valence-corrected chi connectivity index (χ3v) is 4.76. The number of phenols is 1. The number of carbonyl (C=O) groups excluding carboxylic acids is 1. The number of aromatic nitrogens is 1. The van der Waals surface area contributed by atoms with Crippen LogP contribution in [0.1, 0.15) is 62.7 Å². The Kier molecular flexibility index (Phi) is 5.99. The molecule has 1 aromatic carbocycles. The van der Waals surface area contributed by atoms with E-state index in [0.29, 0.717) is 18.6 Å². The Morgan fingerprint density at radius 1 is 1.38 bits per heavy atom. The van der Waals surface area contributed by atoms with Crippen LogP contribution in [0, 0.1) is 0 Å². The smallest absolute Gasteiger partial charge is 0.220 e. The summed E-state index contributed by atoms with van der Waals surface area (Å²) in [6.07, 6.45) is 3.76. The fourth-order valence-electron chi connectivity index (χ4n) is 2.65. The summed E-state index contributed by atoms with van der Waals surface area (Å²) < 4.78 is 0. The second-order valence-corrected chi connectivity index (χ2v) is 7.97. The largest absolute Gasteiger partial charge is 0.508 e. The molecule has 130 valence electrons. The Hall–Kier alpha value is -1.88. The second kappa shape index (κ2) is 7.79. The Labute approximate surface area is 148 Å². The Balaban J connectivity index is 2.25. The molecule has 0 saturated carbocycles. The summed E-state index contributed by atoms with van der Waals surface area (Å²) >= 11 is 1.55. The minimum atomic E-state index is -0.138. The predicted molar refractivity (Wildman–Crippen MR) is 98.4 cm³/mol. The van der Waals surface area contributed by atoms with E-state index in [2.05, 4.69) is 31.1 Å². The van der Waals surface area contributed by atoms with Crippen molar-refractivity contribution in [3.63, 3.8) is 0 Å². The van der Waals surface area contributed by atoms with Gasteiger partial charge in [-0.2, -0.15) is 0 Å². The highest BCUT2D eigenvalue weighted by molar-refractivity contribution is 7.09. The van der Waals surface area contributed by atoms with Gasteiger partial charge in [0, 0.05) is 18.0 Å². The van der Waals surface area contributed by atoms with Crippen LogP contribution in [-0.2, 0) is 16.6 Å². The highest BCUT2D eigenvalue weighted by Crippen LogP contribution is 2.32. The maximum atomic E-state index is 12.0. The molecule has 0 aliphatic rings. The summed E-state index contributed by atoms with van der Waals surface area (Å²) in [4.78, 5) is 16.4. The Bertz CT molecular complexity index is 675. The first-order chi connectivity index (χ1) is 11.3. The van der Waals surface area contributed by atoms with Gasteiger partial charge in [-0.3, -0.25) is 4.79 Å². The van der Waals surface area contributed by atoms with E-state index >= 15 is 0 Å². The molecule has 1 aromatic heterocycles. The monoisotopic (exact) mass is 346 g/mol. The molecule has 0 fully saturated rings. The second-order valence-electron chi connectivity index (χ2n) is 7.05. The lowest BCUT2D eigenvalue weighted by molar-refractivity contribution is -0.121. The standard InChI is InChI=1S/C19H26N2O2S/c1-5-6-17(23)21-15(18-20-9-10-24-18)12-13-7-8-16(22)14(11-13)19(2,3)4/h7-11,15,22H,5-6,12H2,1-4H3,(H,21,23). The number of hydrogen-bond donors (Lipinski definition) is 2. The molecule has 0 spiro atoms. The molecular weight excluding hydrogens is 320 g/mol. The molecule has 0 saturated heterocycles. The summed E-state index contributed by atoms with van der Waals surface area (Å²) in [5, 5.41) is 16.0. The highest BCUT2D eigenvalue weighted by Gasteiger charge is 2.21.